The summed E-state index contributed by atoms with van der Waals surface area (Å²) in [6.45, 7) is 3.93. The van der Waals surface area contributed by atoms with Crippen molar-refractivity contribution in [2.75, 3.05) is 34.3 Å². The molecule has 0 saturated carbocycles. The second-order valence-electron chi connectivity index (χ2n) is 6.84. The van der Waals surface area contributed by atoms with E-state index in [2.05, 4.69) is 45.9 Å². The number of ether oxygens (including phenoxy) is 1. The largest absolute Gasteiger partial charge is 0.496 e. The number of rotatable bonds is 8. The molecule has 0 aliphatic heterocycles. The molecule has 0 aliphatic carbocycles. The Hall–Kier alpha value is -2.40. The molecule has 8 nitrogen and oxygen atoms in total. The Labute approximate surface area is 194 Å². The molecule has 0 amide bonds. The van der Waals surface area contributed by atoms with E-state index in [1.54, 1.807) is 7.11 Å². The second-order valence-corrected chi connectivity index (χ2v) is 6.84. The van der Waals surface area contributed by atoms with Gasteiger partial charge in [0.25, 0.3) is 0 Å². The van der Waals surface area contributed by atoms with Crippen molar-refractivity contribution in [3.05, 3.63) is 60.0 Å². The van der Waals surface area contributed by atoms with E-state index < -0.39 is 0 Å². The summed E-state index contributed by atoms with van der Waals surface area (Å²) in [6, 6.07) is 14.1. The minimum Gasteiger partial charge on any atom is -0.496 e. The summed E-state index contributed by atoms with van der Waals surface area (Å²) in [5.74, 6) is 2.42. The minimum atomic E-state index is 0. The zero-order valence-electron chi connectivity index (χ0n) is 17.9. The lowest BCUT2D eigenvalue weighted by molar-refractivity contribution is 0.287. The van der Waals surface area contributed by atoms with Crippen LogP contribution in [0.25, 0.3) is 5.65 Å². The van der Waals surface area contributed by atoms with Gasteiger partial charge in [0.05, 0.1) is 13.2 Å². The van der Waals surface area contributed by atoms with Crippen LogP contribution < -0.4 is 15.4 Å². The molecule has 0 radical (unpaired) electrons. The quantitative estimate of drug-likeness (QED) is 0.269. The number of aromatic nitrogens is 3. The van der Waals surface area contributed by atoms with Gasteiger partial charge in [-0.05, 0) is 39.2 Å². The molecule has 3 aromatic rings. The first kappa shape index (κ1) is 23.9. The van der Waals surface area contributed by atoms with Crippen LogP contribution in [0.2, 0.25) is 0 Å². The molecule has 0 aliphatic rings. The van der Waals surface area contributed by atoms with E-state index in [-0.39, 0.29) is 30.0 Å². The van der Waals surface area contributed by atoms with Gasteiger partial charge < -0.3 is 20.3 Å². The fourth-order valence-corrected chi connectivity index (χ4v) is 3.20. The van der Waals surface area contributed by atoms with Crippen molar-refractivity contribution in [2.24, 2.45) is 4.99 Å². The Morgan fingerprint density at radius 2 is 1.90 bits per heavy atom. The summed E-state index contributed by atoms with van der Waals surface area (Å²) < 4.78 is 7.50. The molecule has 1 unspecified atom stereocenters. The normalized spacial score (nSPS) is 12.5. The number of nitrogens with zero attached hydrogens (tertiary/aromatic N) is 5. The molecule has 30 heavy (non-hydrogen) atoms. The number of guanidine groups is 1. The maximum atomic E-state index is 5.55. The smallest absolute Gasteiger partial charge is 0.191 e. The van der Waals surface area contributed by atoms with Crippen molar-refractivity contribution in [3.63, 3.8) is 0 Å². The first-order valence-corrected chi connectivity index (χ1v) is 9.74. The van der Waals surface area contributed by atoms with E-state index in [0.29, 0.717) is 13.1 Å². The molecule has 9 heteroatoms. The molecule has 1 atom stereocenters. The van der Waals surface area contributed by atoms with Crippen molar-refractivity contribution in [1.29, 1.82) is 0 Å². The predicted octanol–water partition coefficient (Wildman–Crippen LogP) is 2.71. The van der Waals surface area contributed by atoms with Crippen LogP contribution >= 0.6 is 24.0 Å². The Morgan fingerprint density at radius 3 is 2.63 bits per heavy atom. The Morgan fingerprint density at radius 1 is 1.13 bits per heavy atom. The first-order valence-electron chi connectivity index (χ1n) is 9.74. The summed E-state index contributed by atoms with van der Waals surface area (Å²) in [6.07, 6.45) is 1.95. The zero-order valence-corrected chi connectivity index (χ0v) is 20.2. The summed E-state index contributed by atoms with van der Waals surface area (Å²) in [5, 5.41) is 15.2. The van der Waals surface area contributed by atoms with Gasteiger partial charge >= 0.3 is 0 Å². The monoisotopic (exact) mass is 523 g/mol. The number of para-hydroxylation sites is 1. The van der Waals surface area contributed by atoms with Crippen molar-refractivity contribution >= 4 is 35.6 Å². The number of aliphatic imine (C=N–C) groups is 1. The lowest BCUT2D eigenvalue weighted by Gasteiger charge is -2.27. The van der Waals surface area contributed by atoms with Crippen molar-refractivity contribution in [2.45, 2.75) is 19.5 Å². The third kappa shape index (κ3) is 5.82. The van der Waals surface area contributed by atoms with Gasteiger partial charge in [0.2, 0.25) is 0 Å². The third-order valence-corrected chi connectivity index (χ3v) is 4.69. The number of halogens is 1. The molecule has 2 N–H and O–H groups in total. The van der Waals surface area contributed by atoms with Gasteiger partial charge in [-0.1, -0.05) is 24.3 Å². The molecular weight excluding hydrogens is 493 g/mol. The van der Waals surface area contributed by atoms with Gasteiger partial charge in [0.1, 0.15) is 12.3 Å². The summed E-state index contributed by atoms with van der Waals surface area (Å²) >= 11 is 0. The zero-order chi connectivity index (χ0) is 20.6. The number of likely N-dealkylation sites (N-methyl/N-ethyl adjacent to an activating group) is 1. The van der Waals surface area contributed by atoms with Crippen LogP contribution in [0.5, 0.6) is 5.75 Å². The highest BCUT2D eigenvalue weighted by molar-refractivity contribution is 14.0. The van der Waals surface area contributed by atoms with Crippen LogP contribution in [0.3, 0.4) is 0 Å². The molecule has 2 heterocycles. The van der Waals surface area contributed by atoms with Crippen LogP contribution in [0, 0.1) is 0 Å². The first-order chi connectivity index (χ1) is 14.1. The molecule has 0 bridgehead atoms. The molecule has 1 aromatic carbocycles. The van der Waals surface area contributed by atoms with Gasteiger partial charge in [-0.15, -0.1) is 34.2 Å². The summed E-state index contributed by atoms with van der Waals surface area (Å²) in [5.41, 5.74) is 1.95. The standard InChI is InChI=1S/C21H29N7O.HI/c1-5-22-21(24-15-20-26-25-19-12-8-9-13-28(19)20)23-14-17(27(2)3)16-10-6-7-11-18(16)29-4;/h6-13,17H,5,14-15H2,1-4H3,(H2,22,23,24);1H. The van der Waals surface area contributed by atoms with E-state index in [1.165, 1.54) is 0 Å². The second kappa shape index (κ2) is 11.7. The maximum Gasteiger partial charge on any atom is 0.191 e. The fraction of sp³-hybridized carbons (Fsp3) is 0.381. The van der Waals surface area contributed by atoms with E-state index in [1.807, 2.05) is 53.9 Å². The van der Waals surface area contributed by atoms with Crippen molar-refractivity contribution < 1.29 is 4.74 Å². The Bertz CT molecular complexity index is 957. The number of hydrogen-bond donors (Lipinski definition) is 2. The maximum absolute atomic E-state index is 5.55. The van der Waals surface area contributed by atoms with Crippen LogP contribution in [0.1, 0.15) is 24.4 Å². The minimum absolute atomic E-state index is 0. The molecule has 0 fully saturated rings. The van der Waals surface area contributed by atoms with Gasteiger partial charge in [0.15, 0.2) is 17.4 Å². The number of methoxy groups -OCH3 is 1. The van der Waals surface area contributed by atoms with Crippen molar-refractivity contribution in [1.82, 2.24) is 30.1 Å². The lowest BCUT2D eigenvalue weighted by atomic mass is 10.0. The van der Waals surface area contributed by atoms with Crippen LogP contribution in [-0.4, -0.2) is 59.8 Å². The van der Waals surface area contributed by atoms with Crippen LogP contribution in [0.15, 0.2) is 53.7 Å². The molecule has 0 saturated heterocycles. The average Bonchev–Trinajstić information content (AvgIpc) is 3.15. The highest BCUT2D eigenvalue weighted by Gasteiger charge is 2.18. The summed E-state index contributed by atoms with van der Waals surface area (Å²) in [7, 11) is 5.82. The number of fused-ring (bicyclic) bond motifs is 1. The summed E-state index contributed by atoms with van der Waals surface area (Å²) in [4.78, 5) is 6.86. The van der Waals surface area contributed by atoms with Gasteiger partial charge in [-0.2, -0.15) is 0 Å². The van der Waals surface area contributed by atoms with E-state index in [0.717, 1.165) is 35.3 Å². The third-order valence-electron chi connectivity index (χ3n) is 4.69. The van der Waals surface area contributed by atoms with Crippen LogP contribution in [0.4, 0.5) is 0 Å². The van der Waals surface area contributed by atoms with Crippen molar-refractivity contribution in [3.8, 4) is 5.75 Å². The number of hydrogen-bond acceptors (Lipinski definition) is 5. The Balaban J connectivity index is 0.00000320. The van der Waals surface area contributed by atoms with E-state index in [9.17, 15) is 0 Å². The Kier molecular flexibility index (Phi) is 9.31. The topological polar surface area (TPSA) is 79.1 Å². The number of benzene rings is 1. The highest BCUT2D eigenvalue weighted by atomic mass is 127. The molecule has 0 spiro atoms. The fourth-order valence-electron chi connectivity index (χ4n) is 3.20. The lowest BCUT2D eigenvalue weighted by Crippen LogP contribution is -2.41. The molecule has 2 aromatic heterocycles. The number of nitrogens with one attached hydrogen (secondary N) is 2. The average molecular weight is 523 g/mol. The molecule has 3 rings (SSSR count). The van der Waals surface area contributed by atoms with E-state index in [4.69, 9.17) is 9.73 Å². The van der Waals surface area contributed by atoms with Gasteiger partial charge in [-0.3, -0.25) is 4.40 Å². The number of pyridine rings is 1. The van der Waals surface area contributed by atoms with Gasteiger partial charge in [-0.25, -0.2) is 4.99 Å². The van der Waals surface area contributed by atoms with Crippen LogP contribution in [-0.2, 0) is 6.54 Å². The molecule has 162 valence electrons. The van der Waals surface area contributed by atoms with Gasteiger partial charge in [0, 0.05) is 24.8 Å². The van der Waals surface area contributed by atoms with E-state index >= 15 is 0 Å². The SMILES string of the molecule is CCNC(=NCc1nnc2ccccn12)NCC(c1ccccc1OC)N(C)C.I. The highest BCUT2D eigenvalue weighted by Crippen LogP contribution is 2.27. The predicted molar refractivity (Wildman–Crippen MR) is 131 cm³/mol. The molecular formula is C21H30IN7O.